The highest BCUT2D eigenvalue weighted by Crippen LogP contribution is 2.12. The molecule has 2 aromatic heterocycles. The molecule has 0 aliphatic rings. The van der Waals surface area contributed by atoms with Crippen molar-refractivity contribution < 1.29 is 4.39 Å². The summed E-state index contributed by atoms with van der Waals surface area (Å²) in [5.74, 6) is 0.409. The van der Waals surface area contributed by atoms with Crippen LogP contribution in [0.15, 0.2) is 18.3 Å². The number of nitrogens with zero attached hydrogens (tertiary/aromatic N) is 2. The van der Waals surface area contributed by atoms with Gasteiger partial charge in [-0.2, -0.15) is 0 Å². The molecule has 2 N–H and O–H groups in total. The summed E-state index contributed by atoms with van der Waals surface area (Å²) in [6.07, 6.45) is 1.40. The highest BCUT2D eigenvalue weighted by atomic mass is 19.1. The lowest BCUT2D eigenvalue weighted by Gasteiger charge is -1.97. The van der Waals surface area contributed by atoms with Crippen LogP contribution in [0, 0.1) is 12.7 Å². The Labute approximate surface area is 75.0 Å². The lowest BCUT2D eigenvalue weighted by molar-refractivity contribution is 0.617. The first kappa shape index (κ1) is 8.19. The van der Waals surface area contributed by atoms with Crippen LogP contribution in [0.4, 0.5) is 4.39 Å². The van der Waals surface area contributed by atoms with Crippen LogP contribution in [-0.4, -0.2) is 9.38 Å². The van der Waals surface area contributed by atoms with Gasteiger partial charge in [0.15, 0.2) is 0 Å². The third-order valence-corrected chi connectivity index (χ3v) is 2.04. The van der Waals surface area contributed by atoms with Crippen LogP contribution in [0.2, 0.25) is 0 Å². The number of rotatable bonds is 1. The van der Waals surface area contributed by atoms with Crippen LogP contribution < -0.4 is 5.73 Å². The number of halogens is 1. The first-order valence-corrected chi connectivity index (χ1v) is 4.05. The summed E-state index contributed by atoms with van der Waals surface area (Å²) in [6, 6.07) is 3.13. The third kappa shape index (κ3) is 1.19. The van der Waals surface area contributed by atoms with Crippen molar-refractivity contribution in [2.24, 2.45) is 5.73 Å². The Balaban J connectivity index is 2.81. The van der Waals surface area contributed by atoms with E-state index in [2.05, 4.69) is 4.98 Å². The second-order valence-corrected chi connectivity index (χ2v) is 2.92. The number of aryl methyl sites for hydroxylation is 1. The number of hydrogen-bond donors (Lipinski definition) is 1. The average Bonchev–Trinajstić information content (AvgIpc) is 2.42. The van der Waals surface area contributed by atoms with E-state index in [1.807, 2.05) is 6.92 Å². The van der Waals surface area contributed by atoms with E-state index in [1.54, 1.807) is 10.5 Å². The van der Waals surface area contributed by atoms with Crippen molar-refractivity contribution in [3.05, 3.63) is 35.7 Å². The number of hydrogen-bond acceptors (Lipinski definition) is 2. The second kappa shape index (κ2) is 2.81. The monoisotopic (exact) mass is 179 g/mol. The van der Waals surface area contributed by atoms with E-state index in [0.717, 1.165) is 11.2 Å². The Morgan fingerprint density at radius 3 is 3.00 bits per heavy atom. The van der Waals surface area contributed by atoms with Crippen LogP contribution in [-0.2, 0) is 6.54 Å². The Kier molecular flexibility index (Phi) is 1.77. The lowest BCUT2D eigenvalue weighted by atomic mass is 10.3. The van der Waals surface area contributed by atoms with Crippen molar-refractivity contribution in [3.63, 3.8) is 0 Å². The fraction of sp³-hybridized carbons (Fsp3) is 0.222. The van der Waals surface area contributed by atoms with Gasteiger partial charge in [-0.05, 0) is 19.1 Å². The molecule has 13 heavy (non-hydrogen) atoms. The molecule has 68 valence electrons. The van der Waals surface area contributed by atoms with Gasteiger partial charge in [0, 0.05) is 6.20 Å². The molecule has 0 aromatic carbocycles. The molecule has 0 unspecified atom stereocenters. The summed E-state index contributed by atoms with van der Waals surface area (Å²) in [5.41, 5.74) is 7.25. The largest absolute Gasteiger partial charge is 0.324 e. The number of nitrogens with two attached hydrogens (primary N) is 1. The minimum Gasteiger partial charge on any atom is -0.324 e. The normalized spacial score (nSPS) is 11.0. The maximum absolute atomic E-state index is 12.9. The van der Waals surface area contributed by atoms with E-state index in [-0.39, 0.29) is 5.82 Å². The highest BCUT2D eigenvalue weighted by molar-refractivity contribution is 5.52. The summed E-state index contributed by atoms with van der Waals surface area (Å²) >= 11 is 0. The topological polar surface area (TPSA) is 43.3 Å². The Bertz CT molecular complexity index is 447. The maximum atomic E-state index is 12.9. The Morgan fingerprint density at radius 1 is 1.54 bits per heavy atom. The van der Waals surface area contributed by atoms with Crippen LogP contribution in [0.3, 0.4) is 0 Å². The van der Waals surface area contributed by atoms with Gasteiger partial charge in [-0.25, -0.2) is 9.37 Å². The molecular formula is C9H10FN3. The van der Waals surface area contributed by atoms with Gasteiger partial charge in [0.25, 0.3) is 0 Å². The summed E-state index contributed by atoms with van der Waals surface area (Å²) in [7, 11) is 0. The van der Waals surface area contributed by atoms with Crippen molar-refractivity contribution in [1.82, 2.24) is 9.38 Å². The van der Waals surface area contributed by atoms with Gasteiger partial charge in [-0.3, -0.25) is 4.40 Å². The Hall–Kier alpha value is -1.42. The van der Waals surface area contributed by atoms with Gasteiger partial charge in [0.1, 0.15) is 11.6 Å². The summed E-state index contributed by atoms with van der Waals surface area (Å²) in [4.78, 5) is 4.22. The van der Waals surface area contributed by atoms with Gasteiger partial charge in [0.05, 0.1) is 17.8 Å². The number of fused-ring (bicyclic) bond motifs is 1. The molecule has 2 heterocycles. The minimum absolute atomic E-state index is 0.278. The molecule has 0 radical (unpaired) electrons. The summed E-state index contributed by atoms with van der Waals surface area (Å²) in [5, 5.41) is 0. The van der Waals surface area contributed by atoms with Gasteiger partial charge >= 0.3 is 0 Å². The third-order valence-electron chi connectivity index (χ3n) is 2.04. The van der Waals surface area contributed by atoms with Crippen molar-refractivity contribution in [3.8, 4) is 0 Å². The zero-order chi connectivity index (χ0) is 9.42. The fourth-order valence-electron chi connectivity index (χ4n) is 1.43. The molecule has 2 rings (SSSR count). The van der Waals surface area contributed by atoms with E-state index in [1.165, 1.54) is 12.3 Å². The average molecular weight is 179 g/mol. The molecule has 0 fully saturated rings. The van der Waals surface area contributed by atoms with Crippen LogP contribution in [0.5, 0.6) is 0 Å². The number of aromatic nitrogens is 2. The number of pyridine rings is 1. The van der Waals surface area contributed by atoms with Crippen LogP contribution >= 0.6 is 0 Å². The molecule has 0 amide bonds. The summed E-state index contributed by atoms with van der Waals surface area (Å²) < 4.78 is 14.6. The van der Waals surface area contributed by atoms with Gasteiger partial charge < -0.3 is 5.73 Å². The quantitative estimate of drug-likeness (QED) is 0.715. The minimum atomic E-state index is -0.278. The standard InChI is InChI=1S/C9H10FN3/c1-6-8-3-2-7(10)5-13(8)9(4-11)12-6/h2-3,5H,4,11H2,1H3. The molecule has 2 aromatic rings. The van der Waals surface area contributed by atoms with E-state index in [9.17, 15) is 4.39 Å². The first-order valence-electron chi connectivity index (χ1n) is 4.05. The van der Waals surface area contributed by atoms with Crippen molar-refractivity contribution in [2.45, 2.75) is 13.5 Å². The second-order valence-electron chi connectivity index (χ2n) is 2.92. The molecule has 0 saturated heterocycles. The Morgan fingerprint density at radius 2 is 2.31 bits per heavy atom. The molecule has 4 heteroatoms. The van der Waals surface area contributed by atoms with E-state index < -0.39 is 0 Å². The van der Waals surface area contributed by atoms with Gasteiger partial charge in [0.2, 0.25) is 0 Å². The maximum Gasteiger partial charge on any atom is 0.139 e. The van der Waals surface area contributed by atoms with Crippen LogP contribution in [0.1, 0.15) is 11.5 Å². The fourth-order valence-corrected chi connectivity index (χ4v) is 1.43. The van der Waals surface area contributed by atoms with E-state index >= 15 is 0 Å². The predicted octanol–water partition coefficient (Wildman–Crippen LogP) is 1.24. The molecule has 0 aliphatic heterocycles. The van der Waals surface area contributed by atoms with Crippen molar-refractivity contribution in [2.75, 3.05) is 0 Å². The molecule has 0 saturated carbocycles. The van der Waals surface area contributed by atoms with E-state index in [4.69, 9.17) is 5.73 Å². The molecule has 3 nitrogen and oxygen atoms in total. The molecule has 0 atom stereocenters. The summed E-state index contributed by atoms with van der Waals surface area (Å²) in [6.45, 7) is 2.20. The number of imidazole rings is 1. The lowest BCUT2D eigenvalue weighted by Crippen LogP contribution is -2.02. The molecular weight excluding hydrogens is 169 g/mol. The van der Waals surface area contributed by atoms with Gasteiger partial charge in [-0.15, -0.1) is 0 Å². The molecule has 0 aliphatic carbocycles. The predicted molar refractivity (Wildman–Crippen MR) is 47.8 cm³/mol. The molecule has 0 spiro atoms. The van der Waals surface area contributed by atoms with Crippen LogP contribution in [0.25, 0.3) is 5.52 Å². The SMILES string of the molecule is Cc1nc(CN)n2cc(F)ccc12. The first-order chi connectivity index (χ1) is 6.22. The van der Waals surface area contributed by atoms with Gasteiger partial charge in [-0.1, -0.05) is 0 Å². The zero-order valence-electron chi connectivity index (χ0n) is 7.29. The smallest absolute Gasteiger partial charge is 0.139 e. The van der Waals surface area contributed by atoms with E-state index in [0.29, 0.717) is 12.4 Å². The highest BCUT2D eigenvalue weighted by Gasteiger charge is 2.06. The van der Waals surface area contributed by atoms with Crippen molar-refractivity contribution >= 4 is 5.52 Å². The van der Waals surface area contributed by atoms with Crippen molar-refractivity contribution in [1.29, 1.82) is 0 Å². The molecule has 0 bridgehead atoms. The zero-order valence-corrected chi connectivity index (χ0v) is 7.29.